The second-order valence-corrected chi connectivity index (χ2v) is 6.21. The highest BCUT2D eigenvalue weighted by Crippen LogP contribution is 2.32. The lowest BCUT2D eigenvalue weighted by atomic mass is 9.99. The fourth-order valence-electron chi connectivity index (χ4n) is 2.92. The van der Waals surface area contributed by atoms with Gasteiger partial charge in [-0.1, -0.05) is 6.08 Å². The highest BCUT2D eigenvalue weighted by atomic mass is 16.5. The molecule has 1 amide bonds. The maximum Gasteiger partial charge on any atom is 0.354 e. The third-order valence-corrected chi connectivity index (χ3v) is 4.46. The normalized spacial score (nSPS) is 14.8. The van der Waals surface area contributed by atoms with Crippen LogP contribution >= 0.6 is 0 Å². The summed E-state index contributed by atoms with van der Waals surface area (Å²) >= 11 is 0. The largest absolute Gasteiger partial charge is 0.464 e. The van der Waals surface area contributed by atoms with Crippen LogP contribution in [0.15, 0.2) is 12.7 Å². The summed E-state index contributed by atoms with van der Waals surface area (Å²) in [7, 11) is 1.29. The highest BCUT2D eigenvalue weighted by Gasteiger charge is 2.37. The minimum absolute atomic E-state index is 0.00483. The van der Waals surface area contributed by atoms with Crippen molar-refractivity contribution < 1.29 is 19.1 Å². The Hall–Kier alpha value is -2.37. The number of methoxy groups -OCH3 is 1. The molecule has 1 aliphatic rings. The number of ketones is 1. The van der Waals surface area contributed by atoms with E-state index < -0.39 is 12.0 Å². The van der Waals surface area contributed by atoms with Gasteiger partial charge in [0.2, 0.25) is 5.91 Å². The van der Waals surface area contributed by atoms with Crippen LogP contribution < -0.4 is 0 Å². The van der Waals surface area contributed by atoms with Gasteiger partial charge in [-0.2, -0.15) is 0 Å². The number of hydrogen-bond acceptors (Lipinski definition) is 4. The number of Topliss-reactive ketones (excluding diaryl/α,β-unsaturated/α-hetero) is 1. The number of hydrogen-bond donors (Lipinski definition) is 1. The molecule has 0 aliphatic heterocycles. The molecule has 2 rings (SSSR count). The molecule has 0 bridgehead atoms. The van der Waals surface area contributed by atoms with Gasteiger partial charge in [-0.05, 0) is 39.2 Å². The van der Waals surface area contributed by atoms with E-state index in [1.807, 2.05) is 0 Å². The Morgan fingerprint density at radius 1 is 1.38 bits per heavy atom. The van der Waals surface area contributed by atoms with Crippen molar-refractivity contribution in [1.82, 2.24) is 9.88 Å². The van der Waals surface area contributed by atoms with Crippen molar-refractivity contribution in [3.05, 3.63) is 35.2 Å². The Balaban J connectivity index is 2.32. The Morgan fingerprint density at radius 3 is 2.50 bits per heavy atom. The molecular formula is C18H24N2O4. The molecular weight excluding hydrogens is 308 g/mol. The zero-order valence-electron chi connectivity index (χ0n) is 14.6. The van der Waals surface area contributed by atoms with Gasteiger partial charge in [0.25, 0.3) is 0 Å². The first-order valence-corrected chi connectivity index (χ1v) is 8.06. The molecule has 130 valence electrons. The summed E-state index contributed by atoms with van der Waals surface area (Å²) in [5, 5.41) is 0. The lowest BCUT2D eigenvalue weighted by Gasteiger charge is -2.27. The lowest BCUT2D eigenvalue weighted by Crippen LogP contribution is -2.44. The van der Waals surface area contributed by atoms with Gasteiger partial charge in [-0.3, -0.25) is 9.59 Å². The van der Waals surface area contributed by atoms with Gasteiger partial charge in [-0.25, -0.2) is 4.79 Å². The molecule has 6 nitrogen and oxygen atoms in total. The molecule has 1 saturated carbocycles. The number of carbonyl (C=O) groups excluding carboxylic acids is 3. The fraction of sp³-hybridized carbons (Fsp3) is 0.500. The van der Waals surface area contributed by atoms with E-state index in [-0.39, 0.29) is 23.3 Å². The van der Waals surface area contributed by atoms with Crippen molar-refractivity contribution in [2.75, 3.05) is 13.7 Å². The monoisotopic (exact) mass is 332 g/mol. The molecule has 0 aromatic carbocycles. The topological polar surface area (TPSA) is 79.5 Å². The quantitative estimate of drug-likeness (QED) is 0.472. The Bertz CT molecular complexity index is 685. The molecule has 6 heteroatoms. The van der Waals surface area contributed by atoms with Crippen molar-refractivity contribution in [2.45, 2.75) is 39.7 Å². The Labute approximate surface area is 141 Å². The number of aromatic nitrogens is 1. The number of rotatable bonds is 7. The zero-order valence-corrected chi connectivity index (χ0v) is 14.6. The van der Waals surface area contributed by atoms with Crippen LogP contribution in [0.3, 0.4) is 0 Å². The van der Waals surface area contributed by atoms with Crippen molar-refractivity contribution in [3.8, 4) is 0 Å². The highest BCUT2D eigenvalue weighted by molar-refractivity contribution is 6.06. The SMILES string of the molecule is C=CCN(C(=O)C1CC1)[C@@H](C)C(=O)c1c(C)[nH]c(C(=O)OC)c1C. The van der Waals surface area contributed by atoms with Crippen molar-refractivity contribution in [3.63, 3.8) is 0 Å². The third kappa shape index (κ3) is 3.27. The average molecular weight is 332 g/mol. The van der Waals surface area contributed by atoms with Crippen LogP contribution in [0.25, 0.3) is 0 Å². The molecule has 1 atom stereocenters. The van der Waals surface area contributed by atoms with Gasteiger partial charge in [0.15, 0.2) is 5.78 Å². The van der Waals surface area contributed by atoms with Crippen LogP contribution in [-0.2, 0) is 9.53 Å². The second-order valence-electron chi connectivity index (χ2n) is 6.21. The summed E-state index contributed by atoms with van der Waals surface area (Å²) in [4.78, 5) is 41.7. The molecule has 0 unspecified atom stereocenters. The Morgan fingerprint density at radius 2 is 2.00 bits per heavy atom. The third-order valence-electron chi connectivity index (χ3n) is 4.46. The number of esters is 1. The molecule has 0 spiro atoms. The lowest BCUT2D eigenvalue weighted by molar-refractivity contribution is -0.133. The van der Waals surface area contributed by atoms with E-state index in [9.17, 15) is 14.4 Å². The van der Waals surface area contributed by atoms with Gasteiger partial charge in [-0.15, -0.1) is 6.58 Å². The van der Waals surface area contributed by atoms with Gasteiger partial charge in [0.05, 0.1) is 13.2 Å². The second kappa shape index (κ2) is 7.03. The van der Waals surface area contributed by atoms with Gasteiger partial charge in [0.1, 0.15) is 5.69 Å². The minimum atomic E-state index is -0.616. The number of aromatic amines is 1. The smallest absolute Gasteiger partial charge is 0.354 e. The number of nitrogens with one attached hydrogen (secondary N) is 1. The molecule has 1 fully saturated rings. The molecule has 1 N–H and O–H groups in total. The van der Waals surface area contributed by atoms with Crippen molar-refractivity contribution in [1.29, 1.82) is 0 Å². The molecule has 1 aromatic rings. The van der Waals surface area contributed by atoms with E-state index >= 15 is 0 Å². The van der Waals surface area contributed by atoms with E-state index in [2.05, 4.69) is 11.6 Å². The van der Waals surface area contributed by atoms with Crippen LogP contribution in [0.1, 0.15) is 51.9 Å². The number of H-pyrrole nitrogens is 1. The summed E-state index contributed by atoms with van der Waals surface area (Å²) in [6, 6.07) is -0.616. The summed E-state index contributed by atoms with van der Waals surface area (Å²) in [6.45, 7) is 9.16. The predicted molar refractivity (Wildman–Crippen MR) is 90.0 cm³/mol. The van der Waals surface area contributed by atoms with Crippen molar-refractivity contribution in [2.24, 2.45) is 5.92 Å². The van der Waals surface area contributed by atoms with Crippen LogP contribution in [0, 0.1) is 19.8 Å². The fourth-order valence-corrected chi connectivity index (χ4v) is 2.92. The molecule has 0 saturated heterocycles. The number of nitrogens with zero attached hydrogens (tertiary/aromatic N) is 1. The van der Waals surface area contributed by atoms with E-state index in [4.69, 9.17) is 4.74 Å². The minimum Gasteiger partial charge on any atom is -0.464 e. The molecule has 1 aromatic heterocycles. The first-order chi connectivity index (χ1) is 11.3. The van der Waals surface area contributed by atoms with Gasteiger partial charge in [0, 0.05) is 23.7 Å². The summed E-state index contributed by atoms with van der Waals surface area (Å²) in [6.07, 6.45) is 3.38. The number of aryl methyl sites for hydroxylation is 1. The van der Waals surface area contributed by atoms with E-state index in [0.29, 0.717) is 23.4 Å². The average Bonchev–Trinajstić information content (AvgIpc) is 3.36. The summed E-state index contributed by atoms with van der Waals surface area (Å²) in [5.74, 6) is -0.680. The standard InChI is InChI=1S/C18H24N2O4/c1-6-9-20(17(22)13-7-8-13)12(4)16(21)14-10(2)15(18(23)24-5)19-11(14)3/h6,12-13,19H,1,7-9H2,2-5H3/t12-/m0/s1. The van der Waals surface area contributed by atoms with Gasteiger partial charge < -0.3 is 14.6 Å². The molecule has 1 heterocycles. The van der Waals surface area contributed by atoms with E-state index in [1.54, 1.807) is 31.7 Å². The van der Waals surface area contributed by atoms with Crippen LogP contribution in [0.5, 0.6) is 0 Å². The number of carbonyl (C=O) groups is 3. The maximum atomic E-state index is 13.0. The summed E-state index contributed by atoms with van der Waals surface area (Å²) < 4.78 is 4.73. The number of ether oxygens (including phenoxy) is 1. The molecule has 24 heavy (non-hydrogen) atoms. The zero-order chi connectivity index (χ0) is 18.0. The van der Waals surface area contributed by atoms with Crippen molar-refractivity contribution >= 4 is 17.7 Å². The number of amides is 1. The van der Waals surface area contributed by atoms with Crippen LogP contribution in [0.4, 0.5) is 0 Å². The summed E-state index contributed by atoms with van der Waals surface area (Å²) in [5.41, 5.74) is 1.87. The van der Waals surface area contributed by atoms with E-state index in [1.165, 1.54) is 7.11 Å². The predicted octanol–water partition coefficient (Wildman–Crippen LogP) is 2.41. The van der Waals surface area contributed by atoms with Crippen LogP contribution in [-0.4, -0.2) is 47.2 Å². The molecule has 0 radical (unpaired) electrons. The first-order valence-electron chi connectivity index (χ1n) is 8.06. The van der Waals surface area contributed by atoms with Crippen LogP contribution in [0.2, 0.25) is 0 Å². The first kappa shape index (κ1) is 18.0. The van der Waals surface area contributed by atoms with E-state index in [0.717, 1.165) is 12.8 Å². The van der Waals surface area contributed by atoms with Gasteiger partial charge >= 0.3 is 5.97 Å². The maximum absolute atomic E-state index is 13.0. The Kier molecular flexibility index (Phi) is 5.26. The molecule has 1 aliphatic carbocycles.